The van der Waals surface area contributed by atoms with E-state index in [4.69, 9.17) is 9.47 Å². The lowest BCUT2D eigenvalue weighted by atomic mass is 9.97. The molecule has 0 aliphatic heterocycles. The van der Waals surface area contributed by atoms with Gasteiger partial charge in [0.1, 0.15) is 17.3 Å². The molecule has 0 bridgehead atoms. The number of hydrogen-bond donors (Lipinski definition) is 1. The summed E-state index contributed by atoms with van der Waals surface area (Å²) in [5, 5.41) is 3.15. The van der Waals surface area contributed by atoms with E-state index >= 15 is 0 Å². The fraction of sp³-hybridized carbons (Fsp3) is 0.294. The smallest absolute Gasteiger partial charge is 0.128 e. The molecule has 2 aromatic carbocycles. The molecule has 0 saturated carbocycles. The van der Waals surface area contributed by atoms with Crippen molar-refractivity contribution in [2.24, 2.45) is 0 Å². The molecular formula is C17H20FNO2. The predicted molar refractivity (Wildman–Crippen MR) is 81.6 cm³/mol. The van der Waals surface area contributed by atoms with Crippen LogP contribution in [0.4, 0.5) is 4.39 Å². The highest BCUT2D eigenvalue weighted by Gasteiger charge is 2.18. The Morgan fingerprint density at radius 3 is 2.10 bits per heavy atom. The van der Waals surface area contributed by atoms with Gasteiger partial charge >= 0.3 is 0 Å². The van der Waals surface area contributed by atoms with Crippen molar-refractivity contribution in [1.82, 2.24) is 5.32 Å². The van der Waals surface area contributed by atoms with Gasteiger partial charge in [-0.25, -0.2) is 4.39 Å². The Labute approximate surface area is 124 Å². The highest BCUT2D eigenvalue weighted by Crippen LogP contribution is 2.31. The van der Waals surface area contributed by atoms with Crippen molar-refractivity contribution in [3.63, 3.8) is 0 Å². The number of rotatable bonds is 5. The number of hydrogen-bond acceptors (Lipinski definition) is 3. The average Bonchev–Trinajstić information content (AvgIpc) is 2.49. The van der Waals surface area contributed by atoms with Gasteiger partial charge in [0.2, 0.25) is 0 Å². The lowest BCUT2D eigenvalue weighted by Crippen LogP contribution is -2.19. The molecule has 0 aromatic heterocycles. The first-order valence-electron chi connectivity index (χ1n) is 6.75. The number of benzene rings is 2. The molecule has 2 rings (SSSR count). The molecule has 0 spiro atoms. The molecule has 21 heavy (non-hydrogen) atoms. The summed E-state index contributed by atoms with van der Waals surface area (Å²) in [5.41, 5.74) is 2.38. The fourth-order valence-corrected chi connectivity index (χ4v) is 2.36. The maximum Gasteiger partial charge on any atom is 0.128 e. The number of halogens is 1. The summed E-state index contributed by atoms with van der Waals surface area (Å²) in [7, 11) is 4.99. The van der Waals surface area contributed by atoms with E-state index in [2.05, 4.69) is 5.32 Å². The summed E-state index contributed by atoms with van der Waals surface area (Å²) in [5.74, 6) is 1.13. The Kier molecular flexibility index (Phi) is 4.81. The SMILES string of the molecule is CNC(c1cc(OC)cc(OC)c1)c1ccc(C)cc1F. The van der Waals surface area contributed by atoms with Crippen molar-refractivity contribution in [1.29, 1.82) is 0 Å². The first kappa shape index (κ1) is 15.3. The molecule has 3 nitrogen and oxygen atoms in total. The maximum atomic E-state index is 14.2. The summed E-state index contributed by atoms with van der Waals surface area (Å²) >= 11 is 0. The third-order valence-electron chi connectivity index (χ3n) is 3.46. The highest BCUT2D eigenvalue weighted by atomic mass is 19.1. The van der Waals surface area contributed by atoms with Gasteiger partial charge in [0, 0.05) is 11.6 Å². The van der Waals surface area contributed by atoms with E-state index in [1.165, 1.54) is 6.07 Å². The second-order valence-corrected chi connectivity index (χ2v) is 4.89. The number of ether oxygens (including phenoxy) is 2. The van der Waals surface area contributed by atoms with Crippen molar-refractivity contribution < 1.29 is 13.9 Å². The molecule has 2 aromatic rings. The van der Waals surface area contributed by atoms with Gasteiger partial charge in [-0.3, -0.25) is 0 Å². The molecule has 1 N–H and O–H groups in total. The quantitative estimate of drug-likeness (QED) is 0.914. The molecule has 1 atom stereocenters. The van der Waals surface area contributed by atoms with Crippen molar-refractivity contribution in [2.75, 3.05) is 21.3 Å². The van der Waals surface area contributed by atoms with E-state index in [0.717, 1.165) is 11.1 Å². The minimum absolute atomic E-state index is 0.226. The normalized spacial score (nSPS) is 12.0. The Balaban J connectivity index is 2.50. The zero-order valence-corrected chi connectivity index (χ0v) is 12.7. The Morgan fingerprint density at radius 1 is 1.00 bits per heavy atom. The van der Waals surface area contributed by atoms with Gasteiger partial charge in [0.15, 0.2) is 0 Å². The number of aryl methyl sites for hydroxylation is 1. The van der Waals surface area contributed by atoms with E-state index in [1.807, 2.05) is 25.1 Å². The molecule has 0 fully saturated rings. The third-order valence-corrected chi connectivity index (χ3v) is 3.46. The Bertz CT molecular complexity index is 606. The van der Waals surface area contributed by atoms with Crippen LogP contribution in [-0.4, -0.2) is 21.3 Å². The minimum Gasteiger partial charge on any atom is -0.497 e. The number of methoxy groups -OCH3 is 2. The van der Waals surface area contributed by atoms with Crippen LogP contribution < -0.4 is 14.8 Å². The molecule has 0 aliphatic rings. The molecule has 4 heteroatoms. The average molecular weight is 289 g/mol. The predicted octanol–water partition coefficient (Wildman–Crippen LogP) is 3.46. The van der Waals surface area contributed by atoms with E-state index in [-0.39, 0.29) is 11.9 Å². The van der Waals surface area contributed by atoms with Crippen LogP contribution in [0.15, 0.2) is 36.4 Å². The maximum absolute atomic E-state index is 14.2. The molecule has 0 aliphatic carbocycles. The molecular weight excluding hydrogens is 269 g/mol. The van der Waals surface area contributed by atoms with Crippen LogP contribution in [0.1, 0.15) is 22.7 Å². The summed E-state index contributed by atoms with van der Waals surface area (Å²) in [6.45, 7) is 1.87. The summed E-state index contributed by atoms with van der Waals surface area (Å²) < 4.78 is 24.8. The molecule has 0 radical (unpaired) electrons. The van der Waals surface area contributed by atoms with Crippen LogP contribution in [0.25, 0.3) is 0 Å². The van der Waals surface area contributed by atoms with E-state index in [9.17, 15) is 4.39 Å². The van der Waals surface area contributed by atoms with Crippen LogP contribution in [0.2, 0.25) is 0 Å². The monoisotopic (exact) mass is 289 g/mol. The standard InChI is InChI=1S/C17H20FNO2/c1-11-5-6-15(16(18)7-11)17(19-2)12-8-13(20-3)10-14(9-12)21-4/h5-10,17,19H,1-4H3. The van der Waals surface area contributed by atoms with Crippen LogP contribution in [0, 0.1) is 12.7 Å². The van der Waals surface area contributed by atoms with Gasteiger partial charge in [-0.2, -0.15) is 0 Å². The second-order valence-electron chi connectivity index (χ2n) is 4.89. The summed E-state index contributed by atoms with van der Waals surface area (Å²) in [4.78, 5) is 0. The topological polar surface area (TPSA) is 30.5 Å². The highest BCUT2D eigenvalue weighted by molar-refractivity contribution is 5.43. The zero-order valence-electron chi connectivity index (χ0n) is 12.7. The lowest BCUT2D eigenvalue weighted by Gasteiger charge is -2.20. The molecule has 0 amide bonds. The van der Waals surface area contributed by atoms with Crippen LogP contribution in [0.3, 0.4) is 0 Å². The van der Waals surface area contributed by atoms with Gasteiger partial charge < -0.3 is 14.8 Å². The summed E-state index contributed by atoms with van der Waals surface area (Å²) in [6, 6.07) is 10.5. The number of nitrogens with one attached hydrogen (secondary N) is 1. The fourth-order valence-electron chi connectivity index (χ4n) is 2.36. The van der Waals surface area contributed by atoms with Gasteiger partial charge in [-0.05, 0) is 43.3 Å². The van der Waals surface area contributed by atoms with E-state index in [0.29, 0.717) is 17.1 Å². The largest absolute Gasteiger partial charge is 0.497 e. The Morgan fingerprint density at radius 2 is 1.62 bits per heavy atom. The van der Waals surface area contributed by atoms with Crippen molar-refractivity contribution in [2.45, 2.75) is 13.0 Å². The van der Waals surface area contributed by atoms with Gasteiger partial charge in [0.25, 0.3) is 0 Å². The van der Waals surface area contributed by atoms with E-state index < -0.39 is 0 Å². The zero-order chi connectivity index (χ0) is 15.4. The summed E-state index contributed by atoms with van der Waals surface area (Å²) in [6.07, 6.45) is 0. The van der Waals surface area contributed by atoms with Crippen molar-refractivity contribution in [3.8, 4) is 11.5 Å². The second kappa shape index (κ2) is 6.59. The van der Waals surface area contributed by atoms with Crippen LogP contribution in [0.5, 0.6) is 11.5 Å². The van der Waals surface area contributed by atoms with Crippen LogP contribution in [-0.2, 0) is 0 Å². The van der Waals surface area contributed by atoms with E-state index in [1.54, 1.807) is 33.4 Å². The minimum atomic E-state index is -0.269. The van der Waals surface area contributed by atoms with Crippen molar-refractivity contribution in [3.05, 3.63) is 58.9 Å². The first-order chi connectivity index (χ1) is 10.1. The first-order valence-corrected chi connectivity index (χ1v) is 6.75. The lowest BCUT2D eigenvalue weighted by molar-refractivity contribution is 0.392. The van der Waals surface area contributed by atoms with Gasteiger partial charge in [-0.1, -0.05) is 12.1 Å². The van der Waals surface area contributed by atoms with Gasteiger partial charge in [0.05, 0.1) is 20.3 Å². The molecule has 112 valence electrons. The third kappa shape index (κ3) is 3.34. The van der Waals surface area contributed by atoms with Crippen molar-refractivity contribution >= 4 is 0 Å². The molecule has 0 heterocycles. The Hall–Kier alpha value is -2.07. The van der Waals surface area contributed by atoms with Gasteiger partial charge in [-0.15, -0.1) is 0 Å². The molecule has 1 unspecified atom stereocenters. The molecule has 0 saturated heterocycles. The van der Waals surface area contributed by atoms with Crippen LogP contribution >= 0.6 is 0 Å².